The second-order valence-corrected chi connectivity index (χ2v) is 6.86. The van der Waals surface area contributed by atoms with Gasteiger partial charge in [0.25, 0.3) is 0 Å². The first-order valence-corrected chi connectivity index (χ1v) is 8.67. The first-order valence-electron chi connectivity index (χ1n) is 8.67. The van der Waals surface area contributed by atoms with Gasteiger partial charge in [-0.15, -0.1) is 0 Å². The lowest BCUT2D eigenvalue weighted by atomic mass is 9.91. The highest BCUT2D eigenvalue weighted by molar-refractivity contribution is 5.76. The molecule has 21 heavy (non-hydrogen) atoms. The smallest absolute Gasteiger partial charge is 0.220 e. The van der Waals surface area contributed by atoms with E-state index >= 15 is 0 Å². The van der Waals surface area contributed by atoms with Crippen LogP contribution in [0.4, 0.5) is 0 Å². The minimum absolute atomic E-state index is 0.225. The number of carbonyl (C=O) groups is 1. The van der Waals surface area contributed by atoms with Crippen LogP contribution in [0.2, 0.25) is 0 Å². The van der Waals surface area contributed by atoms with Crippen LogP contribution in [0.25, 0.3) is 0 Å². The normalized spacial score (nSPS) is 21.5. The molecule has 0 saturated heterocycles. The van der Waals surface area contributed by atoms with Gasteiger partial charge in [0, 0.05) is 6.42 Å². The summed E-state index contributed by atoms with van der Waals surface area (Å²) in [4.78, 5) is 12.4. The van der Waals surface area contributed by atoms with E-state index < -0.39 is 0 Å². The van der Waals surface area contributed by atoms with Crippen molar-refractivity contribution in [3.05, 3.63) is 35.9 Å². The number of nitrogens with one attached hydrogen (secondary N) is 1. The van der Waals surface area contributed by atoms with Crippen LogP contribution in [-0.2, 0) is 4.79 Å². The molecule has 1 N–H and O–H groups in total. The van der Waals surface area contributed by atoms with Crippen molar-refractivity contribution in [2.45, 2.75) is 63.8 Å². The van der Waals surface area contributed by atoms with Crippen molar-refractivity contribution < 1.29 is 4.79 Å². The fourth-order valence-electron chi connectivity index (χ4n) is 4.13. The summed E-state index contributed by atoms with van der Waals surface area (Å²) in [6.45, 7) is 0. The third-order valence-corrected chi connectivity index (χ3v) is 5.30. The van der Waals surface area contributed by atoms with Gasteiger partial charge in [0.15, 0.2) is 0 Å². The average molecular weight is 285 g/mol. The van der Waals surface area contributed by atoms with E-state index in [4.69, 9.17) is 0 Å². The molecule has 2 saturated carbocycles. The molecule has 0 aliphatic heterocycles. The zero-order valence-electron chi connectivity index (χ0n) is 12.9. The summed E-state index contributed by atoms with van der Waals surface area (Å²) in [6.07, 6.45) is 11.0. The van der Waals surface area contributed by atoms with Crippen LogP contribution in [-0.4, -0.2) is 5.91 Å². The lowest BCUT2D eigenvalue weighted by Gasteiger charge is -2.26. The third-order valence-electron chi connectivity index (χ3n) is 5.30. The summed E-state index contributed by atoms with van der Waals surface area (Å²) in [7, 11) is 0. The fraction of sp³-hybridized carbons (Fsp3) is 0.632. The Balaban J connectivity index is 1.65. The zero-order valence-corrected chi connectivity index (χ0v) is 12.9. The van der Waals surface area contributed by atoms with Crippen molar-refractivity contribution in [3.63, 3.8) is 0 Å². The van der Waals surface area contributed by atoms with Gasteiger partial charge in [-0.2, -0.15) is 0 Å². The molecule has 0 bridgehead atoms. The van der Waals surface area contributed by atoms with Crippen LogP contribution in [0.3, 0.4) is 0 Å². The Morgan fingerprint density at radius 3 is 2.29 bits per heavy atom. The van der Waals surface area contributed by atoms with E-state index in [1.54, 1.807) is 0 Å². The number of benzene rings is 1. The lowest BCUT2D eigenvalue weighted by Crippen LogP contribution is -2.33. The van der Waals surface area contributed by atoms with E-state index in [0.29, 0.717) is 11.8 Å². The first-order chi connectivity index (χ1) is 10.3. The van der Waals surface area contributed by atoms with Crippen molar-refractivity contribution in [1.82, 2.24) is 5.32 Å². The molecule has 3 rings (SSSR count). The van der Waals surface area contributed by atoms with E-state index in [9.17, 15) is 4.79 Å². The van der Waals surface area contributed by atoms with Crippen LogP contribution in [0.15, 0.2) is 30.3 Å². The van der Waals surface area contributed by atoms with Crippen molar-refractivity contribution in [2.75, 3.05) is 0 Å². The molecule has 2 nitrogen and oxygen atoms in total. The van der Waals surface area contributed by atoms with E-state index in [-0.39, 0.29) is 11.9 Å². The summed E-state index contributed by atoms with van der Waals surface area (Å²) >= 11 is 0. The fourth-order valence-corrected chi connectivity index (χ4v) is 4.13. The topological polar surface area (TPSA) is 29.1 Å². The highest BCUT2D eigenvalue weighted by atomic mass is 16.1. The van der Waals surface area contributed by atoms with Gasteiger partial charge in [-0.25, -0.2) is 0 Å². The minimum Gasteiger partial charge on any atom is -0.349 e. The number of rotatable bonds is 5. The van der Waals surface area contributed by atoms with Crippen molar-refractivity contribution in [1.29, 1.82) is 0 Å². The van der Waals surface area contributed by atoms with Gasteiger partial charge >= 0.3 is 0 Å². The molecule has 1 aromatic rings. The predicted molar refractivity (Wildman–Crippen MR) is 85.9 cm³/mol. The quantitative estimate of drug-likeness (QED) is 0.840. The second kappa shape index (κ2) is 7.11. The number of carbonyl (C=O) groups excluding carboxylic acids is 1. The molecule has 1 unspecified atom stereocenters. The number of hydrogen-bond donors (Lipinski definition) is 1. The molecule has 1 amide bonds. The summed E-state index contributed by atoms with van der Waals surface area (Å²) < 4.78 is 0. The van der Waals surface area contributed by atoms with Crippen LogP contribution >= 0.6 is 0 Å². The summed E-state index contributed by atoms with van der Waals surface area (Å²) in [6, 6.07) is 10.8. The molecule has 2 aliphatic carbocycles. The van der Waals surface area contributed by atoms with Crippen molar-refractivity contribution >= 4 is 5.91 Å². The summed E-state index contributed by atoms with van der Waals surface area (Å²) in [5.74, 6) is 1.52. The van der Waals surface area contributed by atoms with Gasteiger partial charge in [-0.1, -0.05) is 56.0 Å². The van der Waals surface area contributed by atoms with Gasteiger partial charge in [0.05, 0.1) is 6.04 Å². The van der Waals surface area contributed by atoms with Gasteiger partial charge in [0.2, 0.25) is 5.91 Å². The molecule has 2 fully saturated rings. The largest absolute Gasteiger partial charge is 0.349 e. The Morgan fingerprint density at radius 2 is 1.62 bits per heavy atom. The van der Waals surface area contributed by atoms with Crippen molar-refractivity contribution in [2.24, 2.45) is 11.8 Å². The van der Waals surface area contributed by atoms with Crippen LogP contribution in [0.1, 0.15) is 69.4 Å². The lowest BCUT2D eigenvalue weighted by molar-refractivity contribution is -0.123. The van der Waals surface area contributed by atoms with Crippen LogP contribution in [0, 0.1) is 11.8 Å². The molecular weight excluding hydrogens is 258 g/mol. The van der Waals surface area contributed by atoms with Crippen LogP contribution < -0.4 is 5.32 Å². The van der Waals surface area contributed by atoms with E-state index in [2.05, 4.69) is 35.6 Å². The first kappa shape index (κ1) is 14.6. The van der Waals surface area contributed by atoms with Gasteiger partial charge in [-0.3, -0.25) is 4.79 Å². The minimum atomic E-state index is 0.225. The monoisotopic (exact) mass is 285 g/mol. The Morgan fingerprint density at radius 1 is 1.00 bits per heavy atom. The maximum Gasteiger partial charge on any atom is 0.220 e. The Bertz CT molecular complexity index is 444. The van der Waals surface area contributed by atoms with E-state index in [0.717, 1.165) is 6.42 Å². The van der Waals surface area contributed by atoms with Gasteiger partial charge in [0.1, 0.15) is 0 Å². The SMILES string of the molecule is O=C(CC1CCCC1)NC(c1ccccc1)C1CCCC1. The Kier molecular flexibility index (Phi) is 4.95. The number of amides is 1. The maximum absolute atomic E-state index is 12.4. The van der Waals surface area contributed by atoms with Crippen LogP contribution in [0.5, 0.6) is 0 Å². The van der Waals surface area contributed by atoms with Gasteiger partial charge in [-0.05, 0) is 43.1 Å². The van der Waals surface area contributed by atoms with E-state index in [1.807, 2.05) is 0 Å². The molecule has 2 heteroatoms. The van der Waals surface area contributed by atoms with Crippen molar-refractivity contribution in [3.8, 4) is 0 Å². The molecule has 0 radical (unpaired) electrons. The van der Waals surface area contributed by atoms with Gasteiger partial charge < -0.3 is 5.32 Å². The summed E-state index contributed by atoms with van der Waals surface area (Å²) in [5, 5.41) is 3.36. The Hall–Kier alpha value is -1.31. The highest BCUT2D eigenvalue weighted by Crippen LogP contribution is 2.36. The zero-order chi connectivity index (χ0) is 14.5. The maximum atomic E-state index is 12.4. The standard InChI is InChI=1S/C19H27NO/c21-18(14-15-8-4-5-9-15)20-19(17-12-6-7-13-17)16-10-2-1-3-11-16/h1-3,10-11,15,17,19H,4-9,12-14H2,(H,20,21). The Labute approximate surface area is 128 Å². The summed E-state index contributed by atoms with van der Waals surface area (Å²) in [5.41, 5.74) is 1.28. The average Bonchev–Trinajstić information content (AvgIpc) is 3.19. The highest BCUT2D eigenvalue weighted by Gasteiger charge is 2.28. The number of hydrogen-bond acceptors (Lipinski definition) is 1. The third kappa shape index (κ3) is 3.87. The molecule has 1 atom stereocenters. The van der Waals surface area contributed by atoms with E-state index in [1.165, 1.54) is 56.9 Å². The molecule has 0 heterocycles. The predicted octanol–water partition coefficient (Wildman–Crippen LogP) is 4.61. The molecule has 2 aliphatic rings. The molecular formula is C19H27NO. The second-order valence-electron chi connectivity index (χ2n) is 6.86. The molecule has 1 aromatic carbocycles. The molecule has 114 valence electrons. The molecule has 0 aromatic heterocycles. The molecule has 0 spiro atoms.